The summed E-state index contributed by atoms with van der Waals surface area (Å²) in [5.74, 6) is -0.408. The highest BCUT2D eigenvalue weighted by atomic mass is 35.5. The van der Waals surface area contributed by atoms with Crippen LogP contribution in [0.2, 0.25) is 10.0 Å². The van der Waals surface area contributed by atoms with E-state index >= 15 is 0 Å². The predicted molar refractivity (Wildman–Crippen MR) is 98.0 cm³/mol. The molecular weight excluding hydrogens is 349 g/mol. The second-order valence-electron chi connectivity index (χ2n) is 5.28. The Morgan fingerprint density at radius 3 is 2.42 bits per heavy atom. The monoisotopic (exact) mass is 365 g/mol. The molecule has 2 aromatic rings. The summed E-state index contributed by atoms with van der Waals surface area (Å²) in [5.41, 5.74) is 3.26. The lowest BCUT2D eigenvalue weighted by atomic mass is 10.1. The van der Waals surface area contributed by atoms with Crippen molar-refractivity contribution in [2.45, 2.75) is 13.8 Å². The molecule has 7 heteroatoms. The topological polar surface area (TPSA) is 70.2 Å². The molecule has 0 atom stereocenters. The minimum atomic E-state index is -0.467. The highest BCUT2D eigenvalue weighted by Gasteiger charge is 2.09. The van der Waals surface area contributed by atoms with Gasteiger partial charge in [-0.25, -0.2) is 4.79 Å². The molecule has 0 unspecified atom stereocenters. The molecular formula is C17H17Cl2N3O2. The van der Waals surface area contributed by atoms with Crippen LogP contribution >= 0.6 is 23.2 Å². The number of urea groups is 1. The van der Waals surface area contributed by atoms with Crippen LogP contribution in [0, 0.1) is 13.8 Å². The summed E-state index contributed by atoms with van der Waals surface area (Å²) >= 11 is 11.8. The van der Waals surface area contributed by atoms with Gasteiger partial charge in [0.2, 0.25) is 5.91 Å². The number of hydrogen-bond donors (Lipinski definition) is 3. The first-order chi connectivity index (χ1) is 11.3. The number of nitrogens with one attached hydrogen (secondary N) is 3. The Morgan fingerprint density at radius 2 is 1.71 bits per heavy atom. The van der Waals surface area contributed by atoms with Gasteiger partial charge in [-0.3, -0.25) is 4.79 Å². The van der Waals surface area contributed by atoms with E-state index < -0.39 is 11.9 Å². The summed E-state index contributed by atoms with van der Waals surface area (Å²) < 4.78 is 0. The van der Waals surface area contributed by atoms with Gasteiger partial charge < -0.3 is 16.0 Å². The van der Waals surface area contributed by atoms with Crippen LogP contribution in [0.5, 0.6) is 0 Å². The largest absolute Gasteiger partial charge is 0.329 e. The first-order valence-electron chi connectivity index (χ1n) is 7.22. The van der Waals surface area contributed by atoms with Crippen molar-refractivity contribution in [3.05, 3.63) is 57.6 Å². The van der Waals surface area contributed by atoms with Crippen LogP contribution in [0.15, 0.2) is 36.4 Å². The average molecular weight is 366 g/mol. The van der Waals surface area contributed by atoms with Crippen molar-refractivity contribution < 1.29 is 9.59 Å². The lowest BCUT2D eigenvalue weighted by Crippen LogP contribution is -2.35. The molecule has 3 amide bonds. The van der Waals surface area contributed by atoms with Crippen molar-refractivity contribution in [2.24, 2.45) is 0 Å². The third-order valence-corrected chi connectivity index (χ3v) is 3.94. The minimum absolute atomic E-state index is 0.195. The van der Waals surface area contributed by atoms with E-state index in [2.05, 4.69) is 16.0 Å². The third kappa shape index (κ3) is 5.15. The highest BCUT2D eigenvalue weighted by molar-refractivity contribution is 6.35. The Hall–Kier alpha value is -2.24. The van der Waals surface area contributed by atoms with Gasteiger partial charge in [-0.2, -0.15) is 0 Å². The SMILES string of the molecule is Cc1ccc(NC(=O)NCC(=O)Nc2cc(Cl)ccc2Cl)cc1C. The molecule has 126 valence electrons. The zero-order chi connectivity index (χ0) is 17.7. The smallest absolute Gasteiger partial charge is 0.319 e. The molecule has 0 aliphatic heterocycles. The third-order valence-electron chi connectivity index (χ3n) is 3.38. The van der Waals surface area contributed by atoms with Gasteiger partial charge in [0.15, 0.2) is 0 Å². The fourth-order valence-corrected chi connectivity index (χ4v) is 2.28. The van der Waals surface area contributed by atoms with E-state index in [1.165, 1.54) is 6.07 Å². The molecule has 2 aromatic carbocycles. The molecule has 0 saturated carbocycles. The Labute approximate surface area is 150 Å². The molecule has 0 aliphatic rings. The lowest BCUT2D eigenvalue weighted by Gasteiger charge is -2.10. The number of amides is 3. The van der Waals surface area contributed by atoms with Gasteiger partial charge in [-0.1, -0.05) is 29.3 Å². The van der Waals surface area contributed by atoms with Crippen molar-refractivity contribution in [1.82, 2.24) is 5.32 Å². The van der Waals surface area contributed by atoms with Gasteiger partial charge in [0.1, 0.15) is 0 Å². The van der Waals surface area contributed by atoms with Gasteiger partial charge in [0.05, 0.1) is 17.3 Å². The van der Waals surface area contributed by atoms with Crippen LogP contribution in [0.1, 0.15) is 11.1 Å². The zero-order valence-corrected chi connectivity index (χ0v) is 14.8. The number of hydrogen-bond acceptors (Lipinski definition) is 2. The Kier molecular flexibility index (Phi) is 6.06. The first-order valence-corrected chi connectivity index (χ1v) is 7.98. The minimum Gasteiger partial charge on any atom is -0.329 e. The lowest BCUT2D eigenvalue weighted by molar-refractivity contribution is -0.115. The van der Waals surface area contributed by atoms with E-state index in [9.17, 15) is 9.59 Å². The number of halogens is 2. The molecule has 0 bridgehead atoms. The Morgan fingerprint density at radius 1 is 0.958 bits per heavy atom. The van der Waals surface area contributed by atoms with E-state index in [4.69, 9.17) is 23.2 Å². The van der Waals surface area contributed by atoms with E-state index in [0.717, 1.165) is 11.1 Å². The maximum absolute atomic E-state index is 11.9. The van der Waals surface area contributed by atoms with Crippen molar-refractivity contribution >= 4 is 46.5 Å². The van der Waals surface area contributed by atoms with Gasteiger partial charge in [-0.05, 0) is 55.3 Å². The average Bonchev–Trinajstić information content (AvgIpc) is 2.52. The Balaban J connectivity index is 1.85. The molecule has 0 saturated heterocycles. The van der Waals surface area contributed by atoms with Gasteiger partial charge in [0.25, 0.3) is 0 Å². The first kappa shape index (κ1) is 18.1. The number of carbonyl (C=O) groups is 2. The maximum Gasteiger partial charge on any atom is 0.319 e. The number of carbonyl (C=O) groups excluding carboxylic acids is 2. The van der Waals surface area contributed by atoms with E-state index in [0.29, 0.717) is 21.4 Å². The predicted octanol–water partition coefficient (Wildman–Crippen LogP) is 4.37. The molecule has 0 fully saturated rings. The second kappa shape index (κ2) is 8.04. The van der Waals surface area contributed by atoms with Crippen LogP contribution < -0.4 is 16.0 Å². The standard InChI is InChI=1S/C17H17Cl2N3O2/c1-10-3-5-13(7-11(10)2)21-17(24)20-9-16(23)22-15-8-12(18)4-6-14(15)19/h3-8H,9H2,1-2H3,(H,22,23)(H2,20,21,24). The fraction of sp³-hybridized carbons (Fsp3) is 0.176. The van der Waals surface area contributed by atoms with Crippen molar-refractivity contribution in [1.29, 1.82) is 0 Å². The summed E-state index contributed by atoms with van der Waals surface area (Å²) in [6.45, 7) is 3.75. The second-order valence-corrected chi connectivity index (χ2v) is 6.12. The fourth-order valence-electron chi connectivity index (χ4n) is 1.94. The summed E-state index contributed by atoms with van der Waals surface area (Å²) in [6, 6.07) is 9.85. The van der Waals surface area contributed by atoms with Crippen LogP contribution in [0.3, 0.4) is 0 Å². The van der Waals surface area contributed by atoms with E-state index in [1.54, 1.807) is 18.2 Å². The van der Waals surface area contributed by atoms with E-state index in [1.807, 2.05) is 26.0 Å². The number of rotatable bonds is 4. The quantitative estimate of drug-likeness (QED) is 0.752. The van der Waals surface area contributed by atoms with Crippen LogP contribution in [0.25, 0.3) is 0 Å². The molecule has 5 nitrogen and oxygen atoms in total. The van der Waals surface area contributed by atoms with Gasteiger partial charge >= 0.3 is 6.03 Å². The van der Waals surface area contributed by atoms with Crippen LogP contribution in [-0.4, -0.2) is 18.5 Å². The molecule has 0 radical (unpaired) electrons. The molecule has 0 spiro atoms. The highest BCUT2D eigenvalue weighted by Crippen LogP contribution is 2.25. The van der Waals surface area contributed by atoms with Crippen molar-refractivity contribution in [3.8, 4) is 0 Å². The van der Waals surface area contributed by atoms with Gasteiger partial charge in [-0.15, -0.1) is 0 Å². The van der Waals surface area contributed by atoms with E-state index in [-0.39, 0.29) is 6.54 Å². The summed E-state index contributed by atoms with van der Waals surface area (Å²) in [7, 11) is 0. The molecule has 24 heavy (non-hydrogen) atoms. The molecule has 0 aromatic heterocycles. The molecule has 2 rings (SSSR count). The normalized spacial score (nSPS) is 10.2. The summed E-state index contributed by atoms with van der Waals surface area (Å²) in [4.78, 5) is 23.7. The summed E-state index contributed by atoms with van der Waals surface area (Å²) in [5, 5.41) is 8.56. The summed E-state index contributed by atoms with van der Waals surface area (Å²) in [6.07, 6.45) is 0. The number of aryl methyl sites for hydroxylation is 2. The van der Waals surface area contributed by atoms with Crippen LogP contribution in [-0.2, 0) is 4.79 Å². The molecule has 0 aliphatic carbocycles. The van der Waals surface area contributed by atoms with Gasteiger partial charge in [0, 0.05) is 10.7 Å². The zero-order valence-electron chi connectivity index (χ0n) is 13.2. The number of benzene rings is 2. The maximum atomic E-state index is 11.9. The van der Waals surface area contributed by atoms with Crippen LogP contribution in [0.4, 0.5) is 16.2 Å². The van der Waals surface area contributed by atoms with Crippen molar-refractivity contribution in [2.75, 3.05) is 17.2 Å². The van der Waals surface area contributed by atoms with Crippen molar-refractivity contribution in [3.63, 3.8) is 0 Å². The molecule has 0 heterocycles. The number of anilines is 2. The Bertz CT molecular complexity index is 778. The molecule has 3 N–H and O–H groups in total.